The van der Waals surface area contributed by atoms with Crippen molar-refractivity contribution in [3.8, 4) is 5.88 Å². The number of ether oxygens (including phenoxy) is 1. The second-order valence-electron chi connectivity index (χ2n) is 3.20. The third kappa shape index (κ3) is 4.16. The first-order chi connectivity index (χ1) is 7.76. The first-order valence-corrected chi connectivity index (χ1v) is 5.40. The van der Waals surface area contributed by atoms with Crippen molar-refractivity contribution in [3.05, 3.63) is 18.3 Å². The molecule has 88 valence electrons. The van der Waals surface area contributed by atoms with Crippen LogP contribution in [0.15, 0.2) is 18.3 Å². The number of pyridine rings is 1. The van der Waals surface area contributed by atoms with Crippen LogP contribution < -0.4 is 15.4 Å². The average molecular weight is 223 g/mol. The Balaban J connectivity index is 2.45. The van der Waals surface area contributed by atoms with Crippen molar-refractivity contribution in [2.45, 2.75) is 20.3 Å². The number of aromatic nitrogens is 1. The number of anilines is 1. The fourth-order valence-corrected chi connectivity index (χ4v) is 1.10. The quantitative estimate of drug-likeness (QED) is 0.802. The molecule has 0 aliphatic rings. The standard InChI is InChI=1S/C11H17N3O2/c1-3-7-12-11(15)14-9-5-6-10(13-8-9)16-4-2/h5-6,8H,3-4,7H2,1-2H3,(H2,12,14,15). The molecule has 5 nitrogen and oxygen atoms in total. The van der Waals surface area contributed by atoms with Gasteiger partial charge in [0.25, 0.3) is 0 Å². The molecular weight excluding hydrogens is 206 g/mol. The van der Waals surface area contributed by atoms with Crippen molar-refractivity contribution in [1.29, 1.82) is 0 Å². The molecule has 0 spiro atoms. The second-order valence-corrected chi connectivity index (χ2v) is 3.20. The number of nitrogens with one attached hydrogen (secondary N) is 2. The molecule has 2 N–H and O–H groups in total. The minimum atomic E-state index is -0.215. The molecule has 0 radical (unpaired) electrons. The largest absolute Gasteiger partial charge is 0.478 e. The highest BCUT2D eigenvalue weighted by molar-refractivity contribution is 5.88. The molecule has 1 rings (SSSR count). The summed E-state index contributed by atoms with van der Waals surface area (Å²) in [5.41, 5.74) is 0.650. The van der Waals surface area contributed by atoms with E-state index in [0.717, 1.165) is 6.42 Å². The second kappa shape index (κ2) is 6.66. The molecule has 0 saturated carbocycles. The number of urea groups is 1. The van der Waals surface area contributed by atoms with E-state index in [1.165, 1.54) is 0 Å². The summed E-state index contributed by atoms with van der Waals surface area (Å²) in [4.78, 5) is 15.3. The maximum atomic E-state index is 11.3. The zero-order valence-corrected chi connectivity index (χ0v) is 9.62. The van der Waals surface area contributed by atoms with E-state index in [0.29, 0.717) is 24.7 Å². The summed E-state index contributed by atoms with van der Waals surface area (Å²) < 4.78 is 5.19. The van der Waals surface area contributed by atoms with E-state index in [1.54, 1.807) is 18.3 Å². The van der Waals surface area contributed by atoms with Gasteiger partial charge in [0.05, 0.1) is 18.5 Å². The monoisotopic (exact) mass is 223 g/mol. The minimum Gasteiger partial charge on any atom is -0.478 e. The smallest absolute Gasteiger partial charge is 0.319 e. The Labute approximate surface area is 95.2 Å². The Hall–Kier alpha value is -1.78. The van der Waals surface area contributed by atoms with Gasteiger partial charge in [-0.3, -0.25) is 0 Å². The molecule has 1 heterocycles. The molecule has 2 amide bonds. The summed E-state index contributed by atoms with van der Waals surface area (Å²) in [6.45, 7) is 5.14. The molecule has 0 aromatic carbocycles. The van der Waals surface area contributed by atoms with E-state index in [4.69, 9.17) is 4.74 Å². The normalized spacial score (nSPS) is 9.62. The number of hydrogen-bond donors (Lipinski definition) is 2. The van der Waals surface area contributed by atoms with Crippen LogP contribution in [0.2, 0.25) is 0 Å². The third-order valence-corrected chi connectivity index (χ3v) is 1.82. The van der Waals surface area contributed by atoms with E-state index in [2.05, 4.69) is 15.6 Å². The molecule has 1 aromatic heterocycles. The first kappa shape index (κ1) is 12.3. The van der Waals surface area contributed by atoms with Gasteiger partial charge in [-0.25, -0.2) is 9.78 Å². The van der Waals surface area contributed by atoms with E-state index in [9.17, 15) is 4.79 Å². The number of carbonyl (C=O) groups excluding carboxylic acids is 1. The summed E-state index contributed by atoms with van der Waals surface area (Å²) >= 11 is 0. The lowest BCUT2D eigenvalue weighted by Crippen LogP contribution is -2.29. The van der Waals surface area contributed by atoms with Crippen molar-refractivity contribution in [2.24, 2.45) is 0 Å². The third-order valence-electron chi connectivity index (χ3n) is 1.82. The van der Waals surface area contributed by atoms with Crippen LogP contribution >= 0.6 is 0 Å². The molecule has 1 aromatic rings. The fourth-order valence-electron chi connectivity index (χ4n) is 1.10. The van der Waals surface area contributed by atoms with Crippen LogP contribution in [0.4, 0.5) is 10.5 Å². The summed E-state index contributed by atoms with van der Waals surface area (Å²) in [6, 6.07) is 3.26. The molecule has 0 fully saturated rings. The van der Waals surface area contributed by atoms with Gasteiger partial charge in [-0.1, -0.05) is 6.92 Å². The van der Waals surface area contributed by atoms with Gasteiger partial charge in [-0.2, -0.15) is 0 Å². The summed E-state index contributed by atoms with van der Waals surface area (Å²) in [7, 11) is 0. The van der Waals surface area contributed by atoms with Gasteiger partial charge in [-0.05, 0) is 19.4 Å². The van der Waals surface area contributed by atoms with E-state index in [-0.39, 0.29) is 6.03 Å². The Kier molecular flexibility index (Phi) is 5.11. The van der Waals surface area contributed by atoms with E-state index in [1.807, 2.05) is 13.8 Å². The fraction of sp³-hybridized carbons (Fsp3) is 0.455. The molecule has 0 aliphatic heterocycles. The van der Waals surface area contributed by atoms with E-state index < -0.39 is 0 Å². The Morgan fingerprint density at radius 2 is 2.25 bits per heavy atom. The minimum absolute atomic E-state index is 0.215. The van der Waals surface area contributed by atoms with Crippen LogP contribution in [-0.2, 0) is 0 Å². The van der Waals surface area contributed by atoms with Crippen molar-refractivity contribution >= 4 is 11.7 Å². The zero-order chi connectivity index (χ0) is 11.8. The van der Waals surface area contributed by atoms with Crippen LogP contribution in [0.25, 0.3) is 0 Å². The lowest BCUT2D eigenvalue weighted by atomic mass is 10.4. The Bertz CT molecular complexity index is 325. The molecule has 0 atom stereocenters. The maximum Gasteiger partial charge on any atom is 0.319 e. The van der Waals surface area contributed by atoms with Crippen molar-refractivity contribution in [1.82, 2.24) is 10.3 Å². The van der Waals surface area contributed by atoms with Crippen molar-refractivity contribution in [3.63, 3.8) is 0 Å². The van der Waals surface area contributed by atoms with Crippen LogP contribution in [-0.4, -0.2) is 24.2 Å². The summed E-state index contributed by atoms with van der Waals surface area (Å²) in [5.74, 6) is 0.557. The number of hydrogen-bond acceptors (Lipinski definition) is 3. The van der Waals surface area contributed by atoms with Gasteiger partial charge >= 0.3 is 6.03 Å². The molecule has 0 saturated heterocycles. The van der Waals surface area contributed by atoms with Crippen molar-refractivity contribution < 1.29 is 9.53 Å². The zero-order valence-electron chi connectivity index (χ0n) is 9.62. The summed E-state index contributed by atoms with van der Waals surface area (Å²) in [6.07, 6.45) is 2.48. The van der Waals surface area contributed by atoms with Crippen LogP contribution in [0.5, 0.6) is 5.88 Å². The van der Waals surface area contributed by atoms with Gasteiger partial charge in [0.15, 0.2) is 0 Å². The Morgan fingerprint density at radius 1 is 1.44 bits per heavy atom. The van der Waals surface area contributed by atoms with Gasteiger partial charge in [0, 0.05) is 12.6 Å². The molecule has 0 aliphatic carbocycles. The van der Waals surface area contributed by atoms with Crippen molar-refractivity contribution in [2.75, 3.05) is 18.5 Å². The van der Waals surface area contributed by atoms with Gasteiger partial charge < -0.3 is 15.4 Å². The lowest BCUT2D eigenvalue weighted by Gasteiger charge is -2.07. The van der Waals surface area contributed by atoms with Crippen LogP contribution in [0.1, 0.15) is 20.3 Å². The van der Waals surface area contributed by atoms with Crippen LogP contribution in [0, 0.1) is 0 Å². The predicted molar refractivity (Wildman–Crippen MR) is 62.7 cm³/mol. The first-order valence-electron chi connectivity index (χ1n) is 5.40. The molecule has 16 heavy (non-hydrogen) atoms. The molecule has 0 unspecified atom stereocenters. The van der Waals surface area contributed by atoms with Crippen LogP contribution in [0.3, 0.4) is 0 Å². The summed E-state index contributed by atoms with van der Waals surface area (Å²) in [5, 5.41) is 5.39. The van der Waals surface area contributed by atoms with E-state index >= 15 is 0 Å². The molecule has 5 heteroatoms. The topological polar surface area (TPSA) is 63.2 Å². The SMILES string of the molecule is CCCNC(=O)Nc1ccc(OCC)nc1. The highest BCUT2D eigenvalue weighted by atomic mass is 16.5. The number of amides is 2. The number of carbonyl (C=O) groups is 1. The maximum absolute atomic E-state index is 11.3. The Morgan fingerprint density at radius 3 is 2.81 bits per heavy atom. The lowest BCUT2D eigenvalue weighted by molar-refractivity contribution is 0.252. The highest BCUT2D eigenvalue weighted by Crippen LogP contribution is 2.11. The molecular formula is C11H17N3O2. The van der Waals surface area contributed by atoms with Gasteiger partial charge in [0.2, 0.25) is 5.88 Å². The average Bonchev–Trinajstić information content (AvgIpc) is 2.29. The van der Waals surface area contributed by atoms with Gasteiger partial charge in [0.1, 0.15) is 0 Å². The number of nitrogens with zero attached hydrogens (tertiary/aromatic N) is 1. The predicted octanol–water partition coefficient (Wildman–Crippen LogP) is 2.01. The number of rotatable bonds is 5. The molecule has 0 bridgehead atoms. The highest BCUT2D eigenvalue weighted by Gasteiger charge is 2.00. The van der Waals surface area contributed by atoms with Gasteiger partial charge in [-0.15, -0.1) is 0 Å².